The summed E-state index contributed by atoms with van der Waals surface area (Å²) in [6.07, 6.45) is 4.21. The highest BCUT2D eigenvalue weighted by Crippen LogP contribution is 2.36. The number of aryl methyl sites for hydroxylation is 1. The van der Waals surface area contributed by atoms with Gasteiger partial charge in [-0.25, -0.2) is 0 Å². The number of nitrogens with zero attached hydrogens (tertiary/aromatic N) is 2. The molecule has 0 radical (unpaired) electrons. The van der Waals surface area contributed by atoms with Gasteiger partial charge in [-0.1, -0.05) is 24.3 Å². The minimum absolute atomic E-state index is 0.0672. The van der Waals surface area contributed by atoms with E-state index in [9.17, 15) is 4.79 Å². The van der Waals surface area contributed by atoms with Crippen molar-refractivity contribution in [3.8, 4) is 0 Å². The molecule has 4 rings (SSSR count). The fourth-order valence-electron chi connectivity index (χ4n) is 4.50. The van der Waals surface area contributed by atoms with Crippen LogP contribution in [0.25, 0.3) is 0 Å². The molecular weight excluding hydrogens is 328 g/mol. The summed E-state index contributed by atoms with van der Waals surface area (Å²) in [6.45, 7) is 7.83. The largest absolute Gasteiger partial charge is 0.372 e. The summed E-state index contributed by atoms with van der Waals surface area (Å²) >= 11 is 0. The molecule has 3 fully saturated rings. The van der Waals surface area contributed by atoms with Gasteiger partial charge in [0.15, 0.2) is 0 Å². The van der Waals surface area contributed by atoms with E-state index in [0.29, 0.717) is 0 Å². The van der Waals surface area contributed by atoms with E-state index < -0.39 is 0 Å². The van der Waals surface area contributed by atoms with Crippen molar-refractivity contribution in [2.24, 2.45) is 0 Å². The Balaban J connectivity index is 1.24. The van der Waals surface area contributed by atoms with Crippen molar-refractivity contribution < 1.29 is 14.3 Å². The molecule has 1 atom stereocenters. The summed E-state index contributed by atoms with van der Waals surface area (Å²) in [5, 5.41) is 0. The molecule has 1 spiro atoms. The van der Waals surface area contributed by atoms with Gasteiger partial charge in [-0.15, -0.1) is 0 Å². The molecule has 1 unspecified atom stereocenters. The van der Waals surface area contributed by atoms with E-state index in [0.717, 1.165) is 65.0 Å². The first kappa shape index (κ1) is 18.0. The molecule has 0 N–H and O–H groups in total. The normalized spacial score (nSPS) is 25.4. The zero-order chi connectivity index (χ0) is 18.0. The molecule has 3 aliphatic rings. The van der Waals surface area contributed by atoms with E-state index in [1.807, 2.05) is 4.90 Å². The predicted octanol–water partition coefficient (Wildman–Crippen LogP) is 2.37. The number of ether oxygens (including phenoxy) is 2. The quantitative estimate of drug-likeness (QED) is 0.810. The summed E-state index contributed by atoms with van der Waals surface area (Å²) in [4.78, 5) is 16.6. The first-order valence-electron chi connectivity index (χ1n) is 9.94. The lowest BCUT2D eigenvalue weighted by molar-refractivity contribution is -0.200. The van der Waals surface area contributed by atoms with Gasteiger partial charge in [-0.05, 0) is 37.3 Å². The van der Waals surface area contributed by atoms with Crippen molar-refractivity contribution in [3.05, 3.63) is 35.4 Å². The monoisotopic (exact) mass is 358 g/mol. The van der Waals surface area contributed by atoms with Crippen LogP contribution in [-0.4, -0.2) is 66.8 Å². The second-order valence-corrected chi connectivity index (χ2v) is 8.12. The maximum absolute atomic E-state index is 12.2. The Bertz CT molecular complexity index is 636. The van der Waals surface area contributed by atoms with Gasteiger partial charge in [-0.2, -0.15) is 0 Å². The molecule has 3 aliphatic heterocycles. The van der Waals surface area contributed by atoms with Crippen LogP contribution >= 0.6 is 0 Å². The Hall–Kier alpha value is -1.43. The smallest absolute Gasteiger partial charge is 0.248 e. The maximum Gasteiger partial charge on any atom is 0.248 e. The van der Waals surface area contributed by atoms with E-state index in [2.05, 4.69) is 36.1 Å². The molecule has 5 heteroatoms. The van der Waals surface area contributed by atoms with E-state index >= 15 is 0 Å². The maximum atomic E-state index is 12.2. The molecule has 1 aromatic rings. The van der Waals surface area contributed by atoms with Crippen molar-refractivity contribution in [2.75, 3.05) is 39.4 Å². The molecule has 142 valence electrons. The SMILES string of the molecule is Cc1ccccc1CN1CC2(CC(OCC(=O)N3CCCC3)CCO2)C1. The number of amides is 1. The molecule has 0 aliphatic carbocycles. The van der Waals surface area contributed by atoms with Crippen LogP contribution in [0.2, 0.25) is 0 Å². The number of hydrogen-bond acceptors (Lipinski definition) is 4. The molecule has 3 saturated heterocycles. The molecule has 5 nitrogen and oxygen atoms in total. The lowest BCUT2D eigenvalue weighted by Crippen LogP contribution is -2.65. The van der Waals surface area contributed by atoms with Crippen LogP contribution in [0.1, 0.15) is 36.8 Å². The Morgan fingerprint density at radius 1 is 1.27 bits per heavy atom. The molecule has 0 aromatic heterocycles. The minimum Gasteiger partial charge on any atom is -0.372 e. The molecule has 1 amide bonds. The Morgan fingerprint density at radius 3 is 2.81 bits per heavy atom. The zero-order valence-corrected chi connectivity index (χ0v) is 15.8. The van der Waals surface area contributed by atoms with Crippen LogP contribution in [0.3, 0.4) is 0 Å². The molecule has 1 aromatic carbocycles. The standard InChI is InChI=1S/C21H30N2O3/c1-17-6-2-3-7-18(17)13-22-15-21(16-22)12-19(8-11-26-21)25-14-20(24)23-9-4-5-10-23/h2-3,6-7,19H,4-5,8-16H2,1H3. The summed E-state index contributed by atoms with van der Waals surface area (Å²) in [5.74, 6) is 0.151. The summed E-state index contributed by atoms with van der Waals surface area (Å²) in [6, 6.07) is 8.57. The Labute approximate surface area is 156 Å². The first-order valence-corrected chi connectivity index (χ1v) is 9.94. The third kappa shape index (κ3) is 3.95. The molecular formula is C21H30N2O3. The average molecular weight is 358 g/mol. The Kier molecular flexibility index (Phi) is 5.30. The fraction of sp³-hybridized carbons (Fsp3) is 0.667. The minimum atomic E-state index is -0.0672. The highest BCUT2D eigenvalue weighted by molar-refractivity contribution is 5.77. The third-order valence-electron chi connectivity index (χ3n) is 6.03. The fourth-order valence-corrected chi connectivity index (χ4v) is 4.50. The number of hydrogen-bond donors (Lipinski definition) is 0. The lowest BCUT2D eigenvalue weighted by atomic mass is 9.84. The van der Waals surface area contributed by atoms with Crippen LogP contribution in [0, 0.1) is 6.92 Å². The van der Waals surface area contributed by atoms with E-state index in [1.165, 1.54) is 11.1 Å². The number of rotatable bonds is 5. The van der Waals surface area contributed by atoms with Crippen LogP contribution in [-0.2, 0) is 20.8 Å². The molecule has 0 bridgehead atoms. The van der Waals surface area contributed by atoms with Crippen molar-refractivity contribution in [1.29, 1.82) is 0 Å². The third-order valence-corrected chi connectivity index (χ3v) is 6.03. The van der Waals surface area contributed by atoms with Gasteiger partial charge in [0.1, 0.15) is 6.61 Å². The van der Waals surface area contributed by atoms with Gasteiger partial charge >= 0.3 is 0 Å². The summed E-state index contributed by atoms with van der Waals surface area (Å²) in [7, 11) is 0. The van der Waals surface area contributed by atoms with Crippen LogP contribution in [0.4, 0.5) is 0 Å². The summed E-state index contributed by atoms with van der Waals surface area (Å²) < 4.78 is 12.1. The van der Waals surface area contributed by atoms with Gasteiger partial charge in [0.05, 0.1) is 11.7 Å². The summed E-state index contributed by atoms with van der Waals surface area (Å²) in [5.41, 5.74) is 2.67. The van der Waals surface area contributed by atoms with Crippen LogP contribution in [0.5, 0.6) is 0 Å². The number of carbonyl (C=O) groups is 1. The zero-order valence-electron chi connectivity index (χ0n) is 15.8. The van der Waals surface area contributed by atoms with Gasteiger partial charge < -0.3 is 14.4 Å². The van der Waals surface area contributed by atoms with Gasteiger partial charge in [0, 0.05) is 45.8 Å². The molecule has 0 saturated carbocycles. The predicted molar refractivity (Wildman–Crippen MR) is 99.9 cm³/mol. The highest BCUT2D eigenvalue weighted by Gasteiger charge is 2.47. The van der Waals surface area contributed by atoms with Crippen molar-refractivity contribution in [2.45, 2.75) is 50.9 Å². The number of carbonyl (C=O) groups excluding carboxylic acids is 1. The lowest BCUT2D eigenvalue weighted by Gasteiger charge is -2.53. The van der Waals surface area contributed by atoms with Gasteiger partial charge in [-0.3, -0.25) is 9.69 Å². The number of likely N-dealkylation sites (tertiary alicyclic amines) is 2. The highest BCUT2D eigenvalue weighted by atomic mass is 16.5. The van der Waals surface area contributed by atoms with Gasteiger partial charge in [0.2, 0.25) is 5.91 Å². The van der Waals surface area contributed by atoms with Crippen LogP contribution < -0.4 is 0 Å². The van der Waals surface area contributed by atoms with Crippen molar-refractivity contribution in [3.63, 3.8) is 0 Å². The molecule has 3 heterocycles. The Morgan fingerprint density at radius 2 is 2.04 bits per heavy atom. The topological polar surface area (TPSA) is 42.0 Å². The first-order chi connectivity index (χ1) is 12.6. The van der Waals surface area contributed by atoms with E-state index in [-0.39, 0.29) is 24.2 Å². The van der Waals surface area contributed by atoms with Crippen molar-refractivity contribution >= 4 is 5.91 Å². The van der Waals surface area contributed by atoms with Crippen molar-refractivity contribution in [1.82, 2.24) is 9.80 Å². The second kappa shape index (κ2) is 7.67. The number of benzene rings is 1. The van der Waals surface area contributed by atoms with E-state index in [4.69, 9.17) is 9.47 Å². The van der Waals surface area contributed by atoms with Gasteiger partial charge in [0.25, 0.3) is 0 Å². The van der Waals surface area contributed by atoms with Crippen LogP contribution in [0.15, 0.2) is 24.3 Å². The second-order valence-electron chi connectivity index (χ2n) is 8.12. The molecule has 26 heavy (non-hydrogen) atoms. The van der Waals surface area contributed by atoms with E-state index in [1.54, 1.807) is 0 Å². The average Bonchev–Trinajstić information content (AvgIpc) is 3.15.